The van der Waals surface area contributed by atoms with Gasteiger partial charge in [-0.05, 0) is 59.8 Å². The molecular formula is C41H47F2N7O14P2S. The second-order valence-electron chi connectivity index (χ2n) is 15.7. The minimum Gasteiger partial charge on any atom is -0.494 e. The van der Waals surface area contributed by atoms with Crippen LogP contribution in [0.2, 0.25) is 0 Å². The number of nitrogens with one attached hydrogen (secondary N) is 1. The van der Waals surface area contributed by atoms with Crippen LogP contribution in [0, 0.1) is 0 Å². The fraction of sp³-hybridized carbons (Fsp3) is 0.463. The number of anilines is 1. The number of aromatic amines is 1. The average Bonchev–Trinajstić information content (AvgIpc) is 3.97. The maximum Gasteiger partial charge on any atom is 0.472 e. The number of aromatic nitrogens is 6. The number of carbonyl (C=O) groups is 1. The maximum absolute atomic E-state index is 16.5. The lowest BCUT2D eigenvalue weighted by molar-refractivity contribution is -0.0619. The predicted molar refractivity (Wildman–Crippen MR) is 236 cm³/mol. The summed E-state index contributed by atoms with van der Waals surface area (Å²) in [6.07, 6.45) is -4.94. The highest BCUT2D eigenvalue weighted by atomic mass is 32.7. The fourth-order valence-corrected chi connectivity index (χ4v) is 11.9. The van der Waals surface area contributed by atoms with Crippen LogP contribution in [0.5, 0.6) is 11.5 Å². The summed E-state index contributed by atoms with van der Waals surface area (Å²) in [6, 6.07) is 13.7. The number of benzene rings is 2. The number of nitrogens with zero attached hydrogens (tertiary/aromatic N) is 5. The minimum atomic E-state index is -5.24. The molecular weight excluding hydrogens is 946 g/mol. The zero-order valence-corrected chi connectivity index (χ0v) is 38.3. The van der Waals surface area contributed by atoms with E-state index < -0.39 is 94.3 Å². The molecule has 10 atom stereocenters. The number of ether oxygens (including phenoxy) is 4. The third kappa shape index (κ3) is 11.5. The van der Waals surface area contributed by atoms with Crippen LogP contribution in [0.15, 0.2) is 83.0 Å². The van der Waals surface area contributed by atoms with Gasteiger partial charge in [0.1, 0.15) is 47.8 Å². The Morgan fingerprint density at radius 1 is 0.866 bits per heavy atom. The Balaban J connectivity index is 0.980. The summed E-state index contributed by atoms with van der Waals surface area (Å²) in [7, 11) is -5.24. The summed E-state index contributed by atoms with van der Waals surface area (Å²) in [5, 5.41) is 0. The van der Waals surface area contributed by atoms with Crippen molar-refractivity contribution in [2.24, 2.45) is 0 Å². The molecule has 0 radical (unpaired) electrons. The molecule has 3 unspecified atom stereocenters. The first-order valence-corrected chi connectivity index (χ1v) is 25.9. The molecule has 0 bridgehead atoms. The van der Waals surface area contributed by atoms with Crippen molar-refractivity contribution >= 4 is 49.0 Å². The number of carbonyl (C=O) groups excluding carboxylic acids is 1. The fourth-order valence-electron chi connectivity index (χ4n) is 7.54. The summed E-state index contributed by atoms with van der Waals surface area (Å²) in [4.78, 5) is 62.3. The minimum absolute atomic E-state index is 0.0144. The Labute approximate surface area is 384 Å². The lowest BCUT2D eigenvalue weighted by Crippen LogP contribution is -2.38. The largest absolute Gasteiger partial charge is 0.494 e. The second-order valence-corrected chi connectivity index (χ2v) is 21.1. The van der Waals surface area contributed by atoms with Gasteiger partial charge in [-0.1, -0.05) is 51.2 Å². The number of rotatable bonds is 15. The number of hydrogen-bond acceptors (Lipinski definition) is 18. The first kappa shape index (κ1) is 48.6. The number of esters is 1. The second kappa shape index (κ2) is 21.2. The SMILES string of the molecule is CCCCCCCCOc1ccc(C(=O)Oc2ccc(CSP3(=O)OCC4O[C@@H](n5cnc6c(N)ncnc65)[C@H](F)[C@@H]4OP(=O)(O)OC[C@H]4O[C@@H](n5ccc(=O)[nH]c5=O)[C@H](F)[C@@H]4O3)cc2)cc1. The molecule has 26 heteroatoms. The Morgan fingerprint density at radius 2 is 1.52 bits per heavy atom. The van der Waals surface area contributed by atoms with Crippen molar-refractivity contribution in [3.8, 4) is 11.5 Å². The van der Waals surface area contributed by atoms with Crippen LogP contribution in [-0.4, -0.2) is 96.5 Å². The molecule has 0 saturated carbocycles. The van der Waals surface area contributed by atoms with Gasteiger partial charge >= 0.3 is 26.3 Å². The predicted octanol–water partition coefficient (Wildman–Crippen LogP) is 6.35. The topological polar surface area (TPSA) is 270 Å². The molecule has 0 spiro atoms. The van der Waals surface area contributed by atoms with Gasteiger partial charge in [0.15, 0.2) is 36.3 Å². The van der Waals surface area contributed by atoms with E-state index in [0.717, 1.165) is 36.0 Å². The number of fused-ring (bicyclic) bond motifs is 3. The molecule has 0 amide bonds. The molecule has 67 heavy (non-hydrogen) atoms. The molecule has 3 aliphatic heterocycles. The van der Waals surface area contributed by atoms with Crippen molar-refractivity contribution in [1.82, 2.24) is 29.1 Å². The number of unbranched alkanes of at least 4 members (excludes halogenated alkanes) is 5. The molecule has 360 valence electrons. The van der Waals surface area contributed by atoms with E-state index in [9.17, 15) is 28.4 Å². The summed E-state index contributed by atoms with van der Waals surface area (Å²) in [5.41, 5.74) is 5.04. The Hall–Kier alpha value is -4.87. The molecule has 3 aromatic heterocycles. The molecule has 3 saturated heterocycles. The Kier molecular flexibility index (Phi) is 15.4. The van der Waals surface area contributed by atoms with E-state index in [0.29, 0.717) is 39.4 Å². The van der Waals surface area contributed by atoms with Crippen LogP contribution in [0.1, 0.15) is 73.8 Å². The van der Waals surface area contributed by atoms with Crippen LogP contribution in [-0.2, 0) is 42.5 Å². The highest BCUT2D eigenvalue weighted by Gasteiger charge is 2.55. The van der Waals surface area contributed by atoms with E-state index in [4.69, 9.17) is 42.8 Å². The molecule has 5 aromatic rings. The summed E-state index contributed by atoms with van der Waals surface area (Å²) >= 11 is 0.594. The first-order chi connectivity index (χ1) is 32.2. The number of hydrogen-bond donors (Lipinski definition) is 3. The van der Waals surface area contributed by atoms with Crippen molar-refractivity contribution < 1.29 is 64.6 Å². The molecule has 2 aromatic carbocycles. The van der Waals surface area contributed by atoms with E-state index >= 15 is 8.78 Å². The van der Waals surface area contributed by atoms with E-state index in [1.165, 1.54) is 44.1 Å². The number of halogens is 2. The monoisotopic (exact) mass is 993 g/mol. The lowest BCUT2D eigenvalue weighted by atomic mass is 10.1. The van der Waals surface area contributed by atoms with E-state index in [1.807, 2.05) is 4.98 Å². The van der Waals surface area contributed by atoms with Gasteiger partial charge in [0, 0.05) is 18.0 Å². The van der Waals surface area contributed by atoms with Crippen LogP contribution >= 0.6 is 26.0 Å². The number of alkyl halides is 2. The van der Waals surface area contributed by atoms with Gasteiger partial charge in [0.2, 0.25) is 0 Å². The van der Waals surface area contributed by atoms with Crippen LogP contribution in [0.4, 0.5) is 14.6 Å². The maximum atomic E-state index is 16.5. The van der Waals surface area contributed by atoms with Crippen molar-refractivity contribution in [2.45, 2.75) is 100 Å². The Morgan fingerprint density at radius 3 is 2.24 bits per heavy atom. The summed E-state index contributed by atoms with van der Waals surface area (Å²) in [5.74, 6) is 0.0852. The molecule has 21 nitrogen and oxygen atoms in total. The standard InChI is InChI=1S/C41H47F2N7O14P2S/c1-2-3-4-5-6-7-18-57-26-14-10-25(11-15-26)40(52)60-27-12-8-24(9-13-27)21-67-66(56)59-20-29-34(31(42)39(62-29)50-23-47-33-36(44)45-22-46-37(33)50)63-65(54,55)58-19-28-35(64-66)32(43)38(61-28)49-17-16-30(51)48-41(49)53/h8-17,22-23,28-29,31-32,34-35,38-39H,2-7,18-21H2,1H3,(H,54,55)(H2,44,45,46)(H,48,51,53)/t28-,29?,31-,32-,34-,35-,38-,39-,66?/m1/s1. The molecule has 0 aliphatic carbocycles. The zero-order chi connectivity index (χ0) is 47.3. The quantitative estimate of drug-likeness (QED) is 0.0446. The van der Waals surface area contributed by atoms with E-state index in [2.05, 4.69) is 21.9 Å². The third-order valence-corrected chi connectivity index (χ3v) is 15.6. The van der Waals surface area contributed by atoms with Gasteiger partial charge in [0.25, 0.3) is 5.56 Å². The molecule has 6 heterocycles. The van der Waals surface area contributed by atoms with Gasteiger partial charge in [-0.2, -0.15) is 0 Å². The molecule has 8 rings (SSSR count). The molecule has 3 fully saturated rings. The average molecular weight is 994 g/mol. The molecule has 4 N–H and O–H groups in total. The van der Waals surface area contributed by atoms with Crippen LogP contribution < -0.4 is 26.5 Å². The first-order valence-electron chi connectivity index (χ1n) is 21.3. The van der Waals surface area contributed by atoms with Crippen molar-refractivity contribution in [3.05, 3.63) is 105 Å². The van der Waals surface area contributed by atoms with Crippen LogP contribution in [0.25, 0.3) is 11.2 Å². The lowest BCUT2D eigenvalue weighted by Gasteiger charge is -2.29. The Bertz CT molecular complexity index is 2730. The number of nitrogen functional groups attached to an aromatic ring is 1. The number of imidazole rings is 1. The number of H-pyrrole nitrogens is 1. The molecule has 3 aliphatic rings. The van der Waals surface area contributed by atoms with Gasteiger partial charge in [-0.3, -0.25) is 37.0 Å². The van der Waals surface area contributed by atoms with Crippen molar-refractivity contribution in [2.75, 3.05) is 25.6 Å². The van der Waals surface area contributed by atoms with E-state index in [1.54, 1.807) is 36.4 Å². The number of phosphoric acid groups is 1. The normalized spacial score (nSPS) is 28.8. The highest BCUT2D eigenvalue weighted by Crippen LogP contribution is 2.65. The van der Waals surface area contributed by atoms with Gasteiger partial charge in [0.05, 0.1) is 31.7 Å². The van der Waals surface area contributed by atoms with Gasteiger partial charge < -0.3 is 29.6 Å². The number of nitrogens with two attached hydrogens (primary N) is 1. The van der Waals surface area contributed by atoms with Gasteiger partial charge in [-0.15, -0.1) is 0 Å². The summed E-state index contributed by atoms with van der Waals surface area (Å²) < 4.78 is 108. The van der Waals surface area contributed by atoms with Crippen molar-refractivity contribution in [1.29, 1.82) is 0 Å². The van der Waals surface area contributed by atoms with Crippen molar-refractivity contribution in [3.63, 3.8) is 0 Å². The van der Waals surface area contributed by atoms with E-state index in [-0.39, 0.29) is 28.5 Å². The van der Waals surface area contributed by atoms with Crippen LogP contribution in [0.3, 0.4) is 0 Å². The third-order valence-electron chi connectivity index (χ3n) is 11.0. The van der Waals surface area contributed by atoms with Gasteiger partial charge in [-0.25, -0.2) is 42.5 Å². The number of phosphoric ester groups is 1. The zero-order valence-electron chi connectivity index (χ0n) is 35.7. The smallest absolute Gasteiger partial charge is 0.472 e. The highest BCUT2D eigenvalue weighted by molar-refractivity contribution is 8.54. The summed E-state index contributed by atoms with van der Waals surface area (Å²) in [6.45, 7) is -3.66.